The van der Waals surface area contributed by atoms with Gasteiger partial charge in [0, 0.05) is 23.4 Å². The molecule has 0 fully saturated rings. The Labute approximate surface area is 161 Å². The van der Waals surface area contributed by atoms with Crippen LogP contribution in [0.3, 0.4) is 0 Å². The summed E-state index contributed by atoms with van der Waals surface area (Å²) in [6, 6.07) is 14.0. The van der Waals surface area contributed by atoms with Crippen molar-refractivity contribution in [2.45, 2.75) is 39.5 Å². The molecule has 0 bridgehead atoms. The van der Waals surface area contributed by atoms with Crippen LogP contribution in [-0.2, 0) is 0 Å². The van der Waals surface area contributed by atoms with Crippen molar-refractivity contribution < 1.29 is 14.3 Å². The lowest BCUT2D eigenvalue weighted by atomic mass is 10.1. The fourth-order valence-electron chi connectivity index (χ4n) is 2.48. The topological polar surface area (TPSA) is 67.4 Å². The van der Waals surface area contributed by atoms with Crippen molar-refractivity contribution in [3.05, 3.63) is 59.7 Å². The zero-order valence-corrected chi connectivity index (χ0v) is 16.1. The van der Waals surface area contributed by atoms with Gasteiger partial charge < -0.3 is 15.4 Å². The summed E-state index contributed by atoms with van der Waals surface area (Å²) < 4.78 is 5.65. The highest BCUT2D eigenvalue weighted by molar-refractivity contribution is 6.05. The molecule has 0 radical (unpaired) electrons. The van der Waals surface area contributed by atoms with Crippen LogP contribution < -0.4 is 15.4 Å². The Morgan fingerprint density at radius 3 is 2.33 bits per heavy atom. The number of rotatable bonds is 10. The Bertz CT molecular complexity index is 759. The fraction of sp³-hybridized carbons (Fsp3) is 0.364. The number of carbonyl (C=O) groups excluding carboxylic acids is 2. The highest BCUT2D eigenvalue weighted by atomic mass is 16.5. The monoisotopic (exact) mass is 368 g/mol. The molecule has 5 nitrogen and oxygen atoms in total. The molecule has 0 heterocycles. The molecule has 0 aliphatic rings. The van der Waals surface area contributed by atoms with E-state index in [-0.39, 0.29) is 11.8 Å². The molecule has 2 aromatic rings. The molecule has 0 unspecified atom stereocenters. The van der Waals surface area contributed by atoms with Crippen LogP contribution >= 0.6 is 0 Å². The number of unbranched alkanes of at least 4 members (excludes halogenated alkanes) is 2. The van der Waals surface area contributed by atoms with E-state index in [1.165, 1.54) is 0 Å². The predicted molar refractivity (Wildman–Crippen MR) is 108 cm³/mol. The average molecular weight is 368 g/mol. The van der Waals surface area contributed by atoms with Gasteiger partial charge in [0.15, 0.2) is 0 Å². The maximum absolute atomic E-state index is 12.5. The molecular formula is C22H28N2O3. The second-order valence-electron chi connectivity index (χ2n) is 6.37. The zero-order chi connectivity index (χ0) is 19.5. The van der Waals surface area contributed by atoms with Crippen molar-refractivity contribution in [1.29, 1.82) is 0 Å². The summed E-state index contributed by atoms with van der Waals surface area (Å²) in [5.41, 5.74) is 1.63. The molecule has 5 heteroatoms. The third kappa shape index (κ3) is 6.77. The highest BCUT2D eigenvalue weighted by Gasteiger charge is 2.10. The van der Waals surface area contributed by atoms with Gasteiger partial charge in [-0.1, -0.05) is 38.8 Å². The number of hydrogen-bond donors (Lipinski definition) is 2. The molecule has 0 aliphatic carbocycles. The minimum Gasteiger partial charge on any atom is -0.494 e. The van der Waals surface area contributed by atoms with E-state index >= 15 is 0 Å². The average Bonchev–Trinajstić information content (AvgIpc) is 2.69. The Kier molecular flexibility index (Phi) is 8.36. The Morgan fingerprint density at radius 1 is 0.889 bits per heavy atom. The summed E-state index contributed by atoms with van der Waals surface area (Å²) >= 11 is 0. The van der Waals surface area contributed by atoms with Crippen LogP contribution in [0, 0.1) is 0 Å². The second-order valence-corrected chi connectivity index (χ2v) is 6.37. The fourth-order valence-corrected chi connectivity index (χ4v) is 2.48. The second kappa shape index (κ2) is 11.0. The van der Waals surface area contributed by atoms with Crippen LogP contribution in [0.2, 0.25) is 0 Å². The molecule has 0 aliphatic heterocycles. The number of hydrogen-bond acceptors (Lipinski definition) is 3. The highest BCUT2D eigenvalue weighted by Crippen LogP contribution is 2.17. The largest absolute Gasteiger partial charge is 0.494 e. The normalized spacial score (nSPS) is 10.3. The van der Waals surface area contributed by atoms with Gasteiger partial charge in [-0.25, -0.2) is 0 Å². The minimum absolute atomic E-state index is 0.133. The quantitative estimate of drug-likeness (QED) is 0.600. The molecule has 2 amide bonds. The maximum Gasteiger partial charge on any atom is 0.255 e. The van der Waals surface area contributed by atoms with Crippen LogP contribution in [0.15, 0.2) is 48.5 Å². The van der Waals surface area contributed by atoms with E-state index in [1.54, 1.807) is 42.5 Å². The zero-order valence-electron chi connectivity index (χ0n) is 16.1. The van der Waals surface area contributed by atoms with E-state index in [0.29, 0.717) is 35.7 Å². The Morgan fingerprint density at radius 2 is 1.59 bits per heavy atom. The van der Waals surface area contributed by atoms with Gasteiger partial charge >= 0.3 is 0 Å². The van der Waals surface area contributed by atoms with Crippen molar-refractivity contribution >= 4 is 17.5 Å². The Hall–Kier alpha value is -2.82. The molecule has 27 heavy (non-hydrogen) atoms. The number of carbonyl (C=O) groups is 2. The van der Waals surface area contributed by atoms with Gasteiger partial charge in [-0.15, -0.1) is 0 Å². The van der Waals surface area contributed by atoms with E-state index in [9.17, 15) is 9.59 Å². The molecule has 0 spiro atoms. The molecule has 2 N–H and O–H groups in total. The summed E-state index contributed by atoms with van der Waals surface area (Å²) in [5, 5.41) is 5.72. The van der Waals surface area contributed by atoms with Crippen molar-refractivity contribution in [1.82, 2.24) is 5.32 Å². The van der Waals surface area contributed by atoms with E-state index in [2.05, 4.69) is 24.5 Å². The van der Waals surface area contributed by atoms with E-state index < -0.39 is 0 Å². The lowest BCUT2D eigenvalue weighted by Crippen LogP contribution is -2.24. The molecule has 0 aromatic heterocycles. The number of nitrogens with one attached hydrogen (secondary N) is 2. The van der Waals surface area contributed by atoms with E-state index in [1.807, 2.05) is 6.07 Å². The van der Waals surface area contributed by atoms with Crippen molar-refractivity contribution in [2.24, 2.45) is 0 Å². The first-order valence-corrected chi connectivity index (χ1v) is 9.56. The van der Waals surface area contributed by atoms with E-state index in [0.717, 1.165) is 25.7 Å². The van der Waals surface area contributed by atoms with Crippen LogP contribution in [-0.4, -0.2) is 25.0 Å². The van der Waals surface area contributed by atoms with Crippen LogP contribution in [0.1, 0.15) is 60.2 Å². The maximum atomic E-state index is 12.5. The standard InChI is InChI=1S/C22H28N2O3/c1-3-5-13-23-21(25)17-9-7-11-19(15-17)24-22(26)18-10-8-12-20(16-18)27-14-6-4-2/h7-12,15-16H,3-6,13-14H2,1-2H3,(H,23,25)(H,24,26). The number of amides is 2. The summed E-state index contributed by atoms with van der Waals surface area (Å²) in [6.45, 7) is 5.46. The molecule has 2 aromatic carbocycles. The third-order valence-electron chi connectivity index (χ3n) is 4.06. The molecule has 0 saturated heterocycles. The smallest absolute Gasteiger partial charge is 0.255 e. The molecule has 144 valence electrons. The van der Waals surface area contributed by atoms with Gasteiger partial charge in [-0.3, -0.25) is 9.59 Å². The summed E-state index contributed by atoms with van der Waals surface area (Å²) in [4.78, 5) is 24.7. The minimum atomic E-state index is -0.237. The SMILES string of the molecule is CCCCNC(=O)c1cccc(NC(=O)c2cccc(OCCCC)c2)c1. The van der Waals surface area contributed by atoms with Gasteiger partial charge in [0.25, 0.3) is 11.8 Å². The molecule has 0 atom stereocenters. The van der Waals surface area contributed by atoms with Crippen LogP contribution in [0.4, 0.5) is 5.69 Å². The summed E-state index contributed by atoms with van der Waals surface area (Å²) in [5.74, 6) is 0.311. The summed E-state index contributed by atoms with van der Waals surface area (Å²) in [6.07, 6.45) is 4.00. The number of ether oxygens (including phenoxy) is 1. The first kappa shape index (κ1) is 20.5. The molecule has 2 rings (SSSR count). The lowest BCUT2D eigenvalue weighted by molar-refractivity contribution is 0.0951. The molecular weight excluding hydrogens is 340 g/mol. The summed E-state index contributed by atoms with van der Waals surface area (Å²) in [7, 11) is 0. The predicted octanol–water partition coefficient (Wildman–Crippen LogP) is 4.65. The van der Waals surface area contributed by atoms with Gasteiger partial charge in [0.1, 0.15) is 5.75 Å². The van der Waals surface area contributed by atoms with Crippen molar-refractivity contribution in [2.75, 3.05) is 18.5 Å². The van der Waals surface area contributed by atoms with Gasteiger partial charge in [-0.05, 0) is 49.2 Å². The van der Waals surface area contributed by atoms with Gasteiger partial charge in [0.05, 0.1) is 6.61 Å². The Balaban J connectivity index is 2.00. The van der Waals surface area contributed by atoms with E-state index in [4.69, 9.17) is 4.74 Å². The van der Waals surface area contributed by atoms with Crippen LogP contribution in [0.25, 0.3) is 0 Å². The van der Waals surface area contributed by atoms with Gasteiger partial charge in [0.2, 0.25) is 0 Å². The van der Waals surface area contributed by atoms with Crippen LogP contribution in [0.5, 0.6) is 5.75 Å². The number of anilines is 1. The van der Waals surface area contributed by atoms with Crippen molar-refractivity contribution in [3.63, 3.8) is 0 Å². The van der Waals surface area contributed by atoms with Crippen molar-refractivity contribution in [3.8, 4) is 5.75 Å². The first-order valence-electron chi connectivity index (χ1n) is 9.56. The van der Waals surface area contributed by atoms with Gasteiger partial charge in [-0.2, -0.15) is 0 Å². The lowest BCUT2D eigenvalue weighted by Gasteiger charge is -2.10. The first-order chi connectivity index (χ1) is 13.1. The number of benzene rings is 2. The third-order valence-corrected chi connectivity index (χ3v) is 4.06. The molecule has 0 saturated carbocycles.